The summed E-state index contributed by atoms with van der Waals surface area (Å²) in [6, 6.07) is 5.60. The third-order valence-corrected chi connectivity index (χ3v) is 3.78. The lowest BCUT2D eigenvalue weighted by Crippen LogP contribution is -2.29. The SMILES string of the molecule is CC(=O)c1ccc(N2CCC(C)(O)C2)c(Br)c1. The molecule has 4 heteroatoms. The Bertz CT molecular complexity index is 457. The molecule has 1 saturated heterocycles. The minimum Gasteiger partial charge on any atom is -0.388 e. The van der Waals surface area contributed by atoms with Crippen molar-refractivity contribution in [3.63, 3.8) is 0 Å². The number of rotatable bonds is 2. The van der Waals surface area contributed by atoms with E-state index < -0.39 is 5.60 Å². The first-order valence-electron chi connectivity index (χ1n) is 5.67. The molecular formula is C13H16BrNO2. The second-order valence-corrected chi connectivity index (χ2v) is 5.75. The number of Topliss-reactive ketones (excluding diaryl/α,β-unsaturated/α-hetero) is 1. The van der Waals surface area contributed by atoms with Crippen LogP contribution in [0.1, 0.15) is 30.6 Å². The summed E-state index contributed by atoms with van der Waals surface area (Å²) >= 11 is 3.49. The number of benzene rings is 1. The Labute approximate surface area is 110 Å². The molecule has 1 aliphatic heterocycles. The predicted octanol–water partition coefficient (Wildman–Crippen LogP) is 2.61. The van der Waals surface area contributed by atoms with Gasteiger partial charge in [0.25, 0.3) is 0 Å². The third kappa shape index (κ3) is 2.69. The van der Waals surface area contributed by atoms with Crippen molar-refractivity contribution in [2.45, 2.75) is 25.9 Å². The van der Waals surface area contributed by atoms with Gasteiger partial charge in [-0.2, -0.15) is 0 Å². The number of hydrogen-bond acceptors (Lipinski definition) is 3. The number of carbonyl (C=O) groups excluding carboxylic acids is 1. The van der Waals surface area contributed by atoms with E-state index in [9.17, 15) is 9.90 Å². The fraction of sp³-hybridized carbons (Fsp3) is 0.462. The number of nitrogens with zero attached hydrogens (tertiary/aromatic N) is 1. The average Bonchev–Trinajstić information content (AvgIpc) is 2.58. The van der Waals surface area contributed by atoms with Crippen LogP contribution >= 0.6 is 15.9 Å². The van der Waals surface area contributed by atoms with Crippen LogP contribution in [-0.2, 0) is 0 Å². The van der Waals surface area contributed by atoms with Gasteiger partial charge in [0.2, 0.25) is 0 Å². The maximum atomic E-state index is 11.3. The topological polar surface area (TPSA) is 40.5 Å². The van der Waals surface area contributed by atoms with Crippen LogP contribution in [0.15, 0.2) is 22.7 Å². The zero-order chi connectivity index (χ0) is 12.6. The minimum absolute atomic E-state index is 0.0608. The van der Waals surface area contributed by atoms with Crippen molar-refractivity contribution >= 4 is 27.4 Å². The van der Waals surface area contributed by atoms with Crippen LogP contribution in [-0.4, -0.2) is 29.6 Å². The van der Waals surface area contributed by atoms with Crippen molar-refractivity contribution < 1.29 is 9.90 Å². The van der Waals surface area contributed by atoms with Crippen molar-refractivity contribution in [3.8, 4) is 0 Å². The van der Waals surface area contributed by atoms with Crippen LogP contribution < -0.4 is 4.90 Å². The van der Waals surface area contributed by atoms with Gasteiger partial charge < -0.3 is 10.0 Å². The summed E-state index contributed by atoms with van der Waals surface area (Å²) in [5, 5.41) is 9.95. The second-order valence-electron chi connectivity index (χ2n) is 4.89. The summed E-state index contributed by atoms with van der Waals surface area (Å²) < 4.78 is 0.905. The molecule has 1 N–H and O–H groups in total. The highest BCUT2D eigenvalue weighted by Gasteiger charge is 2.32. The van der Waals surface area contributed by atoms with Crippen LogP contribution in [0.5, 0.6) is 0 Å². The summed E-state index contributed by atoms with van der Waals surface area (Å²) in [5.74, 6) is 0.0608. The highest BCUT2D eigenvalue weighted by atomic mass is 79.9. The predicted molar refractivity (Wildman–Crippen MR) is 71.6 cm³/mol. The van der Waals surface area contributed by atoms with E-state index in [4.69, 9.17) is 0 Å². The Kier molecular flexibility index (Phi) is 3.27. The number of ketones is 1. The van der Waals surface area contributed by atoms with Gasteiger partial charge in [0.15, 0.2) is 5.78 Å². The number of aliphatic hydroxyl groups is 1. The van der Waals surface area contributed by atoms with Crippen LogP contribution in [0.2, 0.25) is 0 Å². The summed E-state index contributed by atoms with van der Waals surface area (Å²) in [6.07, 6.45) is 0.772. The van der Waals surface area contributed by atoms with Gasteiger partial charge in [0, 0.05) is 23.1 Å². The Balaban J connectivity index is 2.26. The number of carbonyl (C=O) groups is 1. The van der Waals surface area contributed by atoms with Crippen LogP contribution in [0.25, 0.3) is 0 Å². The maximum absolute atomic E-state index is 11.3. The first-order chi connectivity index (χ1) is 7.89. The maximum Gasteiger partial charge on any atom is 0.159 e. The lowest BCUT2D eigenvalue weighted by molar-refractivity contribution is 0.0839. The molecule has 92 valence electrons. The molecule has 0 radical (unpaired) electrons. The molecule has 1 aromatic rings. The first-order valence-corrected chi connectivity index (χ1v) is 6.46. The highest BCUT2D eigenvalue weighted by Crippen LogP contribution is 2.32. The van der Waals surface area contributed by atoms with Crippen molar-refractivity contribution in [2.75, 3.05) is 18.0 Å². The second kappa shape index (κ2) is 4.42. The Morgan fingerprint density at radius 3 is 2.71 bits per heavy atom. The summed E-state index contributed by atoms with van der Waals surface area (Å²) in [4.78, 5) is 13.4. The molecule has 3 nitrogen and oxygen atoms in total. The molecule has 2 rings (SSSR count). The lowest BCUT2D eigenvalue weighted by atomic mass is 10.1. The lowest BCUT2D eigenvalue weighted by Gasteiger charge is -2.22. The summed E-state index contributed by atoms with van der Waals surface area (Å²) in [5.41, 5.74) is 1.12. The highest BCUT2D eigenvalue weighted by molar-refractivity contribution is 9.10. The number of anilines is 1. The monoisotopic (exact) mass is 297 g/mol. The molecule has 1 aromatic carbocycles. The van der Waals surface area contributed by atoms with E-state index in [1.807, 2.05) is 25.1 Å². The summed E-state index contributed by atoms with van der Waals surface area (Å²) in [6.45, 7) is 4.88. The first kappa shape index (κ1) is 12.6. The van der Waals surface area contributed by atoms with Crippen LogP contribution in [0.3, 0.4) is 0 Å². The quantitative estimate of drug-likeness (QED) is 0.853. The molecule has 1 unspecified atom stereocenters. The van der Waals surface area contributed by atoms with Crippen molar-refractivity contribution in [3.05, 3.63) is 28.2 Å². The molecule has 0 amide bonds. The van der Waals surface area contributed by atoms with Gasteiger partial charge in [0.05, 0.1) is 11.3 Å². The van der Waals surface area contributed by atoms with Gasteiger partial charge in [-0.15, -0.1) is 0 Å². The molecule has 1 fully saturated rings. The Morgan fingerprint density at radius 1 is 1.53 bits per heavy atom. The average molecular weight is 298 g/mol. The zero-order valence-electron chi connectivity index (χ0n) is 10.0. The molecule has 0 aromatic heterocycles. The largest absolute Gasteiger partial charge is 0.388 e. The van der Waals surface area contributed by atoms with Crippen LogP contribution in [0.4, 0.5) is 5.69 Å². The molecule has 1 atom stereocenters. The van der Waals surface area contributed by atoms with E-state index in [1.54, 1.807) is 6.92 Å². The normalized spacial score (nSPS) is 24.1. The fourth-order valence-electron chi connectivity index (χ4n) is 2.13. The molecular weight excluding hydrogens is 282 g/mol. The van der Waals surface area contributed by atoms with Crippen molar-refractivity contribution in [2.24, 2.45) is 0 Å². The molecule has 0 bridgehead atoms. The molecule has 1 heterocycles. The standard InChI is InChI=1S/C13H16BrNO2/c1-9(16)10-3-4-12(11(14)7-10)15-6-5-13(2,17)8-15/h3-4,7,17H,5-6,8H2,1-2H3. The molecule has 0 spiro atoms. The molecule has 17 heavy (non-hydrogen) atoms. The van der Waals surface area contributed by atoms with E-state index in [2.05, 4.69) is 20.8 Å². The van der Waals surface area contributed by atoms with Crippen molar-refractivity contribution in [1.29, 1.82) is 0 Å². The van der Waals surface area contributed by atoms with E-state index in [1.165, 1.54) is 0 Å². The molecule has 0 aliphatic carbocycles. The zero-order valence-corrected chi connectivity index (χ0v) is 11.6. The Hall–Kier alpha value is -0.870. The van der Waals surface area contributed by atoms with Gasteiger partial charge in [-0.25, -0.2) is 0 Å². The fourth-order valence-corrected chi connectivity index (χ4v) is 2.76. The minimum atomic E-state index is -0.612. The van der Waals surface area contributed by atoms with E-state index in [0.717, 1.165) is 23.1 Å². The van der Waals surface area contributed by atoms with Gasteiger partial charge in [0.1, 0.15) is 0 Å². The van der Waals surface area contributed by atoms with E-state index in [-0.39, 0.29) is 5.78 Å². The number of halogens is 1. The number of β-amino-alcohol motifs (C(OH)–C–C–N with tert-alkyl or cyclic N) is 1. The van der Waals surface area contributed by atoms with Gasteiger partial charge in [-0.3, -0.25) is 4.79 Å². The van der Waals surface area contributed by atoms with E-state index in [0.29, 0.717) is 12.1 Å². The third-order valence-electron chi connectivity index (χ3n) is 3.15. The van der Waals surface area contributed by atoms with Crippen LogP contribution in [0, 0.1) is 0 Å². The number of hydrogen-bond donors (Lipinski definition) is 1. The molecule has 0 saturated carbocycles. The van der Waals surface area contributed by atoms with Gasteiger partial charge >= 0.3 is 0 Å². The smallest absolute Gasteiger partial charge is 0.159 e. The van der Waals surface area contributed by atoms with Gasteiger partial charge in [-0.1, -0.05) is 0 Å². The Morgan fingerprint density at radius 2 is 2.24 bits per heavy atom. The van der Waals surface area contributed by atoms with E-state index >= 15 is 0 Å². The van der Waals surface area contributed by atoms with Crippen molar-refractivity contribution in [1.82, 2.24) is 0 Å². The van der Waals surface area contributed by atoms with Gasteiger partial charge in [-0.05, 0) is 54.4 Å². The summed E-state index contributed by atoms with van der Waals surface area (Å²) in [7, 11) is 0. The molecule has 1 aliphatic rings.